The third kappa shape index (κ3) is 7.15. The van der Waals surface area contributed by atoms with E-state index in [-0.39, 0.29) is 23.0 Å². The third-order valence-corrected chi connectivity index (χ3v) is 4.02. The number of hydrogen-bond donors (Lipinski definition) is 0. The maximum absolute atomic E-state index is 13.1. The minimum absolute atomic E-state index is 0.0606. The normalized spacial score (nSPS) is 16.9. The molecule has 0 radical (unpaired) electrons. The van der Waals surface area contributed by atoms with Gasteiger partial charge in [-0.15, -0.1) is 13.2 Å². The second-order valence-corrected chi connectivity index (χ2v) is 5.81. The molecule has 0 fully saturated rings. The van der Waals surface area contributed by atoms with Gasteiger partial charge in [0.2, 0.25) is 0 Å². The van der Waals surface area contributed by atoms with Crippen molar-refractivity contribution in [3.8, 4) is 0 Å². The van der Waals surface area contributed by atoms with Crippen LogP contribution in [0.4, 0.5) is 4.39 Å². The van der Waals surface area contributed by atoms with Crippen LogP contribution in [-0.2, 0) is 21.6 Å². The molecule has 82 valence electrons. The molecular weight excluding hydrogens is 223 g/mol. The summed E-state index contributed by atoms with van der Waals surface area (Å²) in [5.41, 5.74) is 0. The van der Waals surface area contributed by atoms with Gasteiger partial charge in [0.1, 0.15) is 6.17 Å². The van der Waals surface area contributed by atoms with E-state index in [1.54, 1.807) is 0 Å². The molecular formula is C9H15FO2S2. The molecule has 0 bridgehead atoms. The van der Waals surface area contributed by atoms with E-state index in [4.69, 9.17) is 0 Å². The Morgan fingerprint density at radius 3 is 1.71 bits per heavy atom. The molecule has 2 nitrogen and oxygen atoms in total. The van der Waals surface area contributed by atoms with Gasteiger partial charge in [0.25, 0.3) is 0 Å². The highest BCUT2D eigenvalue weighted by atomic mass is 32.2. The lowest BCUT2D eigenvalue weighted by molar-refractivity contribution is 0.399. The van der Waals surface area contributed by atoms with Gasteiger partial charge < -0.3 is 0 Å². The predicted octanol–water partition coefficient (Wildman–Crippen LogP) is 1.19. The molecule has 0 rings (SSSR count). The first-order valence-electron chi connectivity index (χ1n) is 4.16. The Labute approximate surface area is 89.2 Å². The summed E-state index contributed by atoms with van der Waals surface area (Å²) in [5, 5.41) is 0. The number of rotatable bonds is 8. The summed E-state index contributed by atoms with van der Waals surface area (Å²) in [6, 6.07) is 0. The van der Waals surface area contributed by atoms with Crippen LogP contribution in [0.3, 0.4) is 0 Å². The van der Waals surface area contributed by atoms with Crippen molar-refractivity contribution >= 4 is 21.6 Å². The standard InChI is InChI=1S/C9H15FO2S2/c1-3-5-13(11)7-9(10)8-14(12)6-4-2/h3-4,9H,1-2,5-8H2. The van der Waals surface area contributed by atoms with Crippen molar-refractivity contribution < 1.29 is 12.8 Å². The van der Waals surface area contributed by atoms with Gasteiger partial charge in [-0.25, -0.2) is 4.39 Å². The minimum atomic E-state index is -1.27. The SMILES string of the molecule is C=CCS(=O)CC(F)CS(=O)CC=C. The molecule has 0 saturated heterocycles. The Kier molecular flexibility index (Phi) is 7.89. The highest BCUT2D eigenvalue weighted by Gasteiger charge is 2.13. The van der Waals surface area contributed by atoms with Crippen LogP contribution in [0, 0.1) is 0 Å². The molecule has 0 aromatic rings. The smallest absolute Gasteiger partial charge is 0.123 e. The summed E-state index contributed by atoms with van der Waals surface area (Å²) >= 11 is 0. The highest BCUT2D eigenvalue weighted by Crippen LogP contribution is 1.99. The average molecular weight is 238 g/mol. The fourth-order valence-corrected chi connectivity index (χ4v) is 2.84. The zero-order valence-electron chi connectivity index (χ0n) is 7.99. The lowest BCUT2D eigenvalue weighted by Gasteiger charge is -2.05. The van der Waals surface area contributed by atoms with Crippen LogP contribution < -0.4 is 0 Å². The highest BCUT2D eigenvalue weighted by molar-refractivity contribution is 7.86. The lowest BCUT2D eigenvalue weighted by Crippen LogP contribution is -2.21. The first kappa shape index (κ1) is 13.7. The Morgan fingerprint density at radius 1 is 1.07 bits per heavy atom. The third-order valence-electron chi connectivity index (χ3n) is 1.34. The first-order valence-corrected chi connectivity index (χ1v) is 7.13. The van der Waals surface area contributed by atoms with E-state index in [9.17, 15) is 12.8 Å². The molecule has 0 spiro atoms. The van der Waals surface area contributed by atoms with Gasteiger partial charge in [-0.2, -0.15) is 0 Å². The molecule has 0 amide bonds. The summed E-state index contributed by atoms with van der Waals surface area (Å²) in [7, 11) is -2.45. The largest absolute Gasteiger partial charge is 0.259 e. The van der Waals surface area contributed by atoms with E-state index in [1.807, 2.05) is 0 Å². The Balaban J connectivity index is 3.79. The Hall–Kier alpha value is -0.290. The van der Waals surface area contributed by atoms with E-state index >= 15 is 0 Å². The van der Waals surface area contributed by atoms with Crippen LogP contribution in [-0.4, -0.2) is 37.6 Å². The summed E-state index contributed by atoms with van der Waals surface area (Å²) in [6.45, 7) is 6.82. The van der Waals surface area contributed by atoms with Crippen molar-refractivity contribution in [1.82, 2.24) is 0 Å². The molecule has 0 aliphatic heterocycles. The molecule has 0 N–H and O–H groups in total. The Bertz CT molecular complexity index is 217. The predicted molar refractivity (Wildman–Crippen MR) is 61.0 cm³/mol. The molecule has 0 aromatic heterocycles. The van der Waals surface area contributed by atoms with Crippen molar-refractivity contribution in [2.75, 3.05) is 23.0 Å². The van der Waals surface area contributed by atoms with Crippen LogP contribution in [0.15, 0.2) is 25.3 Å². The van der Waals surface area contributed by atoms with E-state index in [2.05, 4.69) is 13.2 Å². The number of alkyl halides is 1. The van der Waals surface area contributed by atoms with Gasteiger partial charge in [0.05, 0.1) is 11.5 Å². The van der Waals surface area contributed by atoms with E-state index in [1.165, 1.54) is 12.2 Å². The van der Waals surface area contributed by atoms with Gasteiger partial charge >= 0.3 is 0 Å². The molecule has 2 unspecified atom stereocenters. The molecule has 0 heterocycles. The molecule has 0 aromatic carbocycles. The summed E-state index contributed by atoms with van der Waals surface area (Å²) in [5.74, 6) is 0.451. The summed E-state index contributed by atoms with van der Waals surface area (Å²) in [4.78, 5) is 0. The second kappa shape index (κ2) is 8.05. The van der Waals surface area contributed by atoms with Crippen molar-refractivity contribution in [1.29, 1.82) is 0 Å². The van der Waals surface area contributed by atoms with Crippen molar-refractivity contribution in [2.24, 2.45) is 0 Å². The molecule has 14 heavy (non-hydrogen) atoms. The van der Waals surface area contributed by atoms with Crippen LogP contribution in [0.5, 0.6) is 0 Å². The van der Waals surface area contributed by atoms with Gasteiger partial charge in [-0.1, -0.05) is 12.2 Å². The molecule has 5 heteroatoms. The second-order valence-electron chi connectivity index (χ2n) is 2.72. The number of hydrogen-bond acceptors (Lipinski definition) is 2. The Morgan fingerprint density at radius 2 is 1.43 bits per heavy atom. The molecule has 2 atom stereocenters. The average Bonchev–Trinajstić information content (AvgIpc) is 2.03. The van der Waals surface area contributed by atoms with Crippen LogP contribution in [0.1, 0.15) is 0 Å². The number of halogens is 1. The monoisotopic (exact) mass is 238 g/mol. The first-order chi connectivity index (χ1) is 6.60. The van der Waals surface area contributed by atoms with Crippen molar-refractivity contribution in [2.45, 2.75) is 6.17 Å². The summed E-state index contributed by atoms with van der Waals surface area (Å²) < 4.78 is 35.2. The fourth-order valence-electron chi connectivity index (χ4n) is 0.851. The maximum atomic E-state index is 13.1. The molecule has 0 saturated carbocycles. The minimum Gasteiger partial charge on any atom is -0.259 e. The van der Waals surface area contributed by atoms with Crippen molar-refractivity contribution in [3.63, 3.8) is 0 Å². The van der Waals surface area contributed by atoms with Crippen LogP contribution >= 0.6 is 0 Å². The maximum Gasteiger partial charge on any atom is 0.123 e. The van der Waals surface area contributed by atoms with E-state index in [0.29, 0.717) is 0 Å². The zero-order chi connectivity index (χ0) is 11.0. The lowest BCUT2D eigenvalue weighted by atomic mass is 10.5. The van der Waals surface area contributed by atoms with Crippen molar-refractivity contribution in [3.05, 3.63) is 25.3 Å². The van der Waals surface area contributed by atoms with E-state index < -0.39 is 27.8 Å². The van der Waals surface area contributed by atoms with Gasteiger partial charge in [0.15, 0.2) is 0 Å². The zero-order valence-corrected chi connectivity index (χ0v) is 9.62. The van der Waals surface area contributed by atoms with E-state index in [0.717, 1.165) is 0 Å². The van der Waals surface area contributed by atoms with Gasteiger partial charge in [-0.05, 0) is 0 Å². The topological polar surface area (TPSA) is 34.1 Å². The molecule has 0 aliphatic carbocycles. The van der Waals surface area contributed by atoms with Gasteiger partial charge in [0, 0.05) is 33.1 Å². The van der Waals surface area contributed by atoms with Gasteiger partial charge in [-0.3, -0.25) is 8.42 Å². The summed E-state index contributed by atoms with van der Waals surface area (Å²) in [6.07, 6.45) is 1.71. The van der Waals surface area contributed by atoms with Crippen LogP contribution in [0.25, 0.3) is 0 Å². The fraction of sp³-hybridized carbons (Fsp3) is 0.556. The quantitative estimate of drug-likeness (QED) is 0.595. The molecule has 0 aliphatic rings. The van der Waals surface area contributed by atoms with Crippen LogP contribution in [0.2, 0.25) is 0 Å².